The van der Waals surface area contributed by atoms with Gasteiger partial charge in [-0.25, -0.2) is 4.98 Å². The summed E-state index contributed by atoms with van der Waals surface area (Å²) in [6.07, 6.45) is 1.86. The van der Waals surface area contributed by atoms with Crippen LogP contribution in [0.2, 0.25) is 0 Å². The number of imidazole rings is 1. The summed E-state index contributed by atoms with van der Waals surface area (Å²) in [6.45, 7) is 1.51. The fourth-order valence-corrected chi connectivity index (χ4v) is 2.25. The molecule has 18 heavy (non-hydrogen) atoms. The maximum absolute atomic E-state index is 11.4. The molecule has 0 atom stereocenters. The van der Waals surface area contributed by atoms with E-state index in [-0.39, 0.29) is 19.1 Å². The lowest BCUT2D eigenvalue weighted by molar-refractivity contribution is -0.120. The lowest BCUT2D eigenvalue weighted by Gasteiger charge is -2.27. The van der Waals surface area contributed by atoms with Gasteiger partial charge in [0.05, 0.1) is 18.8 Å². The first-order valence-corrected chi connectivity index (χ1v) is 5.88. The van der Waals surface area contributed by atoms with Crippen LogP contribution in [0.1, 0.15) is 5.69 Å². The van der Waals surface area contributed by atoms with Crippen molar-refractivity contribution in [1.29, 1.82) is 0 Å². The molecule has 0 radical (unpaired) electrons. The van der Waals surface area contributed by atoms with Gasteiger partial charge in [0, 0.05) is 19.3 Å². The van der Waals surface area contributed by atoms with Crippen LogP contribution in [-0.4, -0.2) is 40.0 Å². The number of aliphatic hydroxyl groups is 1. The molecule has 3 rings (SSSR count). The molecule has 0 bridgehead atoms. The fraction of sp³-hybridized carbons (Fsp3) is 0.333. The van der Waals surface area contributed by atoms with Crippen LogP contribution in [0.25, 0.3) is 5.65 Å². The summed E-state index contributed by atoms with van der Waals surface area (Å²) in [4.78, 5) is 17.8. The van der Waals surface area contributed by atoms with Gasteiger partial charge >= 0.3 is 0 Å². The molecule has 6 nitrogen and oxygen atoms in total. The van der Waals surface area contributed by atoms with Gasteiger partial charge in [0.1, 0.15) is 5.65 Å². The molecule has 1 amide bonds. The molecular weight excluding hydrogens is 232 g/mol. The lowest BCUT2D eigenvalue weighted by Crippen LogP contribution is -2.48. The highest BCUT2D eigenvalue weighted by Crippen LogP contribution is 2.22. The highest BCUT2D eigenvalue weighted by molar-refractivity contribution is 5.82. The Kier molecular flexibility index (Phi) is 2.64. The summed E-state index contributed by atoms with van der Waals surface area (Å²) in [5, 5.41) is 12.3. The quantitative estimate of drug-likeness (QED) is 0.767. The SMILES string of the molecule is O=C1CN(c2nc3ccccn3c2CO)CCN1. The molecule has 3 heterocycles. The number of nitrogens with one attached hydrogen (secondary N) is 1. The molecule has 2 aromatic rings. The number of fused-ring (bicyclic) bond motifs is 1. The number of piperazine rings is 1. The zero-order valence-corrected chi connectivity index (χ0v) is 9.83. The van der Waals surface area contributed by atoms with Gasteiger partial charge < -0.3 is 15.3 Å². The van der Waals surface area contributed by atoms with E-state index in [9.17, 15) is 9.90 Å². The summed E-state index contributed by atoms with van der Waals surface area (Å²) in [7, 11) is 0. The standard InChI is InChI=1S/C12H14N4O2/c17-8-9-12(15-6-4-13-11(18)7-15)14-10-3-1-2-5-16(9)10/h1-3,5,17H,4,6-8H2,(H,13,18). The molecule has 2 N–H and O–H groups in total. The van der Waals surface area contributed by atoms with Gasteiger partial charge in [0.15, 0.2) is 5.82 Å². The van der Waals surface area contributed by atoms with Crippen LogP contribution in [0.4, 0.5) is 5.82 Å². The number of carbonyl (C=O) groups is 1. The predicted molar refractivity (Wildman–Crippen MR) is 66.3 cm³/mol. The van der Waals surface area contributed by atoms with E-state index in [4.69, 9.17) is 0 Å². The van der Waals surface area contributed by atoms with Gasteiger partial charge in [-0.1, -0.05) is 6.07 Å². The molecular formula is C12H14N4O2. The maximum atomic E-state index is 11.4. The van der Waals surface area contributed by atoms with E-state index < -0.39 is 0 Å². The van der Waals surface area contributed by atoms with E-state index in [1.54, 1.807) is 0 Å². The molecule has 0 aromatic carbocycles. The van der Waals surface area contributed by atoms with Crippen LogP contribution < -0.4 is 10.2 Å². The molecule has 1 aliphatic heterocycles. The molecule has 0 aliphatic carbocycles. The third-order valence-electron chi connectivity index (χ3n) is 3.10. The van der Waals surface area contributed by atoms with E-state index in [1.807, 2.05) is 33.7 Å². The Balaban J connectivity index is 2.07. The van der Waals surface area contributed by atoms with Crippen molar-refractivity contribution in [2.75, 3.05) is 24.5 Å². The van der Waals surface area contributed by atoms with Crippen LogP contribution in [0.15, 0.2) is 24.4 Å². The molecule has 6 heteroatoms. The van der Waals surface area contributed by atoms with Gasteiger partial charge in [-0.2, -0.15) is 0 Å². The Bertz CT molecular complexity index is 593. The summed E-state index contributed by atoms with van der Waals surface area (Å²) >= 11 is 0. The number of aliphatic hydroxyl groups excluding tert-OH is 1. The summed E-state index contributed by atoms with van der Waals surface area (Å²) < 4.78 is 1.85. The third-order valence-corrected chi connectivity index (χ3v) is 3.10. The molecule has 0 spiro atoms. The molecule has 94 valence electrons. The number of anilines is 1. The number of hydrogen-bond acceptors (Lipinski definition) is 4. The van der Waals surface area contributed by atoms with Gasteiger partial charge in [0.25, 0.3) is 0 Å². The monoisotopic (exact) mass is 246 g/mol. The zero-order valence-electron chi connectivity index (χ0n) is 9.83. The van der Waals surface area contributed by atoms with Crippen LogP contribution in [0.3, 0.4) is 0 Å². The Morgan fingerprint density at radius 3 is 3.11 bits per heavy atom. The normalized spacial score (nSPS) is 16.1. The Morgan fingerprint density at radius 1 is 1.44 bits per heavy atom. The number of amides is 1. The van der Waals surface area contributed by atoms with E-state index in [1.165, 1.54) is 0 Å². The first-order valence-electron chi connectivity index (χ1n) is 5.88. The van der Waals surface area contributed by atoms with Gasteiger partial charge in [-0.05, 0) is 12.1 Å². The van der Waals surface area contributed by atoms with Crippen molar-refractivity contribution < 1.29 is 9.90 Å². The minimum absolute atomic E-state index is 0.0119. The average molecular weight is 246 g/mol. The van der Waals surface area contributed by atoms with Crippen LogP contribution in [0, 0.1) is 0 Å². The Hall–Kier alpha value is -2.08. The topological polar surface area (TPSA) is 69.9 Å². The minimum atomic E-state index is -0.0986. The number of carbonyl (C=O) groups excluding carboxylic acids is 1. The van der Waals surface area contributed by atoms with E-state index in [0.29, 0.717) is 18.9 Å². The molecule has 0 saturated carbocycles. The highest BCUT2D eigenvalue weighted by Gasteiger charge is 2.22. The van der Waals surface area contributed by atoms with E-state index >= 15 is 0 Å². The number of pyridine rings is 1. The van der Waals surface area contributed by atoms with Crippen molar-refractivity contribution in [3.05, 3.63) is 30.1 Å². The summed E-state index contributed by atoms with van der Waals surface area (Å²) in [5.41, 5.74) is 1.50. The number of rotatable bonds is 2. The molecule has 1 fully saturated rings. The van der Waals surface area contributed by atoms with Crippen molar-refractivity contribution in [2.45, 2.75) is 6.61 Å². The van der Waals surface area contributed by atoms with Gasteiger partial charge in [-0.3, -0.25) is 9.20 Å². The van der Waals surface area contributed by atoms with Crippen molar-refractivity contribution >= 4 is 17.4 Å². The first kappa shape index (κ1) is 11.0. The van der Waals surface area contributed by atoms with Crippen molar-refractivity contribution in [3.63, 3.8) is 0 Å². The van der Waals surface area contributed by atoms with Crippen LogP contribution >= 0.6 is 0 Å². The smallest absolute Gasteiger partial charge is 0.239 e. The Morgan fingerprint density at radius 2 is 2.33 bits per heavy atom. The van der Waals surface area contributed by atoms with E-state index in [2.05, 4.69) is 10.3 Å². The number of nitrogens with zero attached hydrogens (tertiary/aromatic N) is 3. The first-order chi connectivity index (χ1) is 8.79. The van der Waals surface area contributed by atoms with Gasteiger partial charge in [0.2, 0.25) is 5.91 Å². The number of aromatic nitrogens is 2. The molecule has 0 unspecified atom stereocenters. The number of hydrogen-bond donors (Lipinski definition) is 2. The molecule has 1 saturated heterocycles. The average Bonchev–Trinajstić information content (AvgIpc) is 2.77. The van der Waals surface area contributed by atoms with Gasteiger partial charge in [-0.15, -0.1) is 0 Å². The van der Waals surface area contributed by atoms with Crippen molar-refractivity contribution in [1.82, 2.24) is 14.7 Å². The fourth-order valence-electron chi connectivity index (χ4n) is 2.25. The van der Waals surface area contributed by atoms with Crippen LogP contribution in [-0.2, 0) is 11.4 Å². The molecule has 2 aromatic heterocycles. The van der Waals surface area contributed by atoms with Crippen molar-refractivity contribution in [2.24, 2.45) is 0 Å². The second-order valence-electron chi connectivity index (χ2n) is 4.24. The second kappa shape index (κ2) is 4.30. The van der Waals surface area contributed by atoms with E-state index in [0.717, 1.165) is 11.3 Å². The largest absolute Gasteiger partial charge is 0.390 e. The Labute approximate surface area is 104 Å². The second-order valence-corrected chi connectivity index (χ2v) is 4.24. The third kappa shape index (κ3) is 1.70. The van der Waals surface area contributed by atoms with Crippen molar-refractivity contribution in [3.8, 4) is 0 Å². The lowest BCUT2D eigenvalue weighted by atomic mass is 10.3. The maximum Gasteiger partial charge on any atom is 0.239 e. The molecule has 1 aliphatic rings. The minimum Gasteiger partial charge on any atom is -0.390 e. The summed E-state index contributed by atoms with van der Waals surface area (Å²) in [5.74, 6) is 0.681. The highest BCUT2D eigenvalue weighted by atomic mass is 16.3. The predicted octanol–water partition coefficient (Wildman–Crippen LogP) is -0.237. The van der Waals surface area contributed by atoms with Crippen LogP contribution in [0.5, 0.6) is 0 Å². The zero-order chi connectivity index (χ0) is 12.5. The summed E-state index contributed by atoms with van der Waals surface area (Å²) in [6, 6.07) is 5.67.